The lowest BCUT2D eigenvalue weighted by Crippen LogP contribution is -2.40. The molecule has 0 saturated carbocycles. The van der Waals surface area contributed by atoms with Gasteiger partial charge in [0.2, 0.25) is 0 Å². The van der Waals surface area contributed by atoms with Gasteiger partial charge in [-0.05, 0) is 44.5 Å². The van der Waals surface area contributed by atoms with E-state index < -0.39 is 0 Å². The molecule has 0 atom stereocenters. The highest BCUT2D eigenvalue weighted by Crippen LogP contribution is 2.17. The van der Waals surface area contributed by atoms with Gasteiger partial charge in [0.15, 0.2) is 5.96 Å². The van der Waals surface area contributed by atoms with Crippen molar-refractivity contribution in [1.29, 1.82) is 0 Å². The number of methoxy groups -OCH3 is 1. The van der Waals surface area contributed by atoms with E-state index in [0.717, 1.165) is 44.3 Å². The Morgan fingerprint density at radius 2 is 1.92 bits per heavy atom. The summed E-state index contributed by atoms with van der Waals surface area (Å²) in [6, 6.07) is 8.14. The van der Waals surface area contributed by atoms with Crippen LogP contribution in [0.25, 0.3) is 0 Å². The number of aliphatic imine (C=N–C) groups is 1. The Morgan fingerprint density at radius 3 is 2.54 bits per heavy atom. The Morgan fingerprint density at radius 1 is 1.21 bits per heavy atom. The monoisotopic (exact) mass is 334 g/mol. The third kappa shape index (κ3) is 7.68. The van der Waals surface area contributed by atoms with Crippen molar-refractivity contribution in [3.8, 4) is 5.75 Å². The van der Waals surface area contributed by atoms with E-state index in [1.54, 1.807) is 7.11 Å². The topological polar surface area (TPSA) is 48.9 Å². The van der Waals surface area contributed by atoms with Crippen molar-refractivity contribution < 1.29 is 4.74 Å². The van der Waals surface area contributed by atoms with Crippen LogP contribution in [0.1, 0.15) is 26.3 Å². The molecule has 2 N–H and O–H groups in total. The van der Waals surface area contributed by atoms with Crippen molar-refractivity contribution in [2.75, 3.05) is 47.4 Å². The van der Waals surface area contributed by atoms with Crippen LogP contribution in [0.5, 0.6) is 5.75 Å². The van der Waals surface area contributed by atoms with Crippen LogP contribution in [0.15, 0.2) is 29.3 Å². The van der Waals surface area contributed by atoms with Crippen molar-refractivity contribution in [3.05, 3.63) is 29.8 Å². The molecule has 0 heterocycles. The van der Waals surface area contributed by atoms with Gasteiger partial charge in [-0.15, -0.1) is 0 Å². The fraction of sp³-hybridized carbons (Fsp3) is 0.632. The SMILES string of the molecule is CCNC(=NCC(C)(C)CN(C)C)NCCc1ccccc1OC. The molecule has 136 valence electrons. The zero-order chi connectivity index (χ0) is 18.0. The van der Waals surface area contributed by atoms with E-state index in [4.69, 9.17) is 9.73 Å². The summed E-state index contributed by atoms with van der Waals surface area (Å²) in [4.78, 5) is 6.95. The van der Waals surface area contributed by atoms with E-state index in [1.807, 2.05) is 18.2 Å². The molecule has 0 spiro atoms. The maximum absolute atomic E-state index is 5.40. The lowest BCUT2D eigenvalue weighted by atomic mass is 9.93. The zero-order valence-electron chi connectivity index (χ0n) is 16.1. The van der Waals surface area contributed by atoms with Gasteiger partial charge < -0.3 is 20.3 Å². The second-order valence-corrected chi connectivity index (χ2v) is 7.09. The van der Waals surface area contributed by atoms with Crippen molar-refractivity contribution in [2.24, 2.45) is 10.4 Å². The van der Waals surface area contributed by atoms with Gasteiger partial charge in [-0.2, -0.15) is 0 Å². The molecule has 0 bridgehead atoms. The average molecular weight is 335 g/mol. The van der Waals surface area contributed by atoms with E-state index >= 15 is 0 Å². The number of para-hydroxylation sites is 1. The van der Waals surface area contributed by atoms with Crippen LogP contribution in [0, 0.1) is 5.41 Å². The van der Waals surface area contributed by atoms with Gasteiger partial charge in [-0.1, -0.05) is 32.0 Å². The molecule has 0 amide bonds. The third-order valence-corrected chi connectivity index (χ3v) is 3.63. The van der Waals surface area contributed by atoms with Crippen molar-refractivity contribution >= 4 is 5.96 Å². The summed E-state index contributed by atoms with van der Waals surface area (Å²) in [5, 5.41) is 6.73. The third-order valence-electron chi connectivity index (χ3n) is 3.63. The summed E-state index contributed by atoms with van der Waals surface area (Å²) in [5.41, 5.74) is 1.35. The molecule has 0 fully saturated rings. The predicted octanol–water partition coefficient (Wildman–Crippen LogP) is 2.38. The molecular weight excluding hydrogens is 300 g/mol. The average Bonchev–Trinajstić information content (AvgIpc) is 2.52. The first-order valence-electron chi connectivity index (χ1n) is 8.67. The Labute approximate surface area is 147 Å². The van der Waals surface area contributed by atoms with Gasteiger partial charge >= 0.3 is 0 Å². The summed E-state index contributed by atoms with van der Waals surface area (Å²) < 4.78 is 5.40. The number of benzene rings is 1. The van der Waals surface area contributed by atoms with Gasteiger partial charge in [0.1, 0.15) is 5.75 Å². The molecule has 24 heavy (non-hydrogen) atoms. The molecule has 0 unspecified atom stereocenters. The molecule has 0 aliphatic carbocycles. The largest absolute Gasteiger partial charge is 0.496 e. The standard InChI is InChI=1S/C19H34N4O/c1-7-20-18(22-14-19(2,3)15-23(4)5)21-13-12-16-10-8-9-11-17(16)24-6/h8-11H,7,12-15H2,1-6H3,(H2,20,21,22). The second kappa shape index (κ2) is 10.2. The molecule has 0 aliphatic heterocycles. The number of guanidine groups is 1. The highest BCUT2D eigenvalue weighted by atomic mass is 16.5. The van der Waals surface area contributed by atoms with Gasteiger partial charge in [0.05, 0.1) is 7.11 Å². The number of ether oxygens (including phenoxy) is 1. The maximum Gasteiger partial charge on any atom is 0.191 e. The minimum Gasteiger partial charge on any atom is -0.496 e. The lowest BCUT2D eigenvalue weighted by molar-refractivity contribution is 0.248. The number of rotatable bonds is 9. The van der Waals surface area contributed by atoms with E-state index in [9.17, 15) is 0 Å². The first-order chi connectivity index (χ1) is 11.4. The predicted molar refractivity (Wildman–Crippen MR) is 103 cm³/mol. The molecule has 1 aromatic carbocycles. The molecule has 5 heteroatoms. The summed E-state index contributed by atoms with van der Waals surface area (Å²) in [5.74, 6) is 1.81. The quantitative estimate of drug-likeness (QED) is 0.538. The molecule has 0 saturated heterocycles. The zero-order valence-corrected chi connectivity index (χ0v) is 16.1. The van der Waals surface area contributed by atoms with E-state index in [-0.39, 0.29) is 5.41 Å². The van der Waals surface area contributed by atoms with E-state index in [0.29, 0.717) is 0 Å². The Bertz CT molecular complexity index is 512. The van der Waals surface area contributed by atoms with Gasteiger partial charge in [-0.3, -0.25) is 4.99 Å². The van der Waals surface area contributed by atoms with Crippen molar-refractivity contribution in [2.45, 2.75) is 27.2 Å². The van der Waals surface area contributed by atoms with Crippen molar-refractivity contribution in [1.82, 2.24) is 15.5 Å². The Kier molecular flexibility index (Phi) is 8.61. The maximum atomic E-state index is 5.40. The smallest absolute Gasteiger partial charge is 0.191 e. The lowest BCUT2D eigenvalue weighted by Gasteiger charge is -2.26. The number of nitrogens with one attached hydrogen (secondary N) is 2. The number of nitrogens with zero attached hydrogens (tertiary/aromatic N) is 2. The van der Waals surface area contributed by atoms with Gasteiger partial charge in [-0.25, -0.2) is 0 Å². The summed E-state index contributed by atoms with van der Waals surface area (Å²) in [6.45, 7) is 10.0. The van der Waals surface area contributed by atoms with Crippen LogP contribution in [-0.2, 0) is 6.42 Å². The fourth-order valence-corrected chi connectivity index (χ4v) is 2.77. The molecule has 5 nitrogen and oxygen atoms in total. The molecule has 1 aromatic rings. The second-order valence-electron chi connectivity index (χ2n) is 7.09. The van der Waals surface area contributed by atoms with Gasteiger partial charge in [0, 0.05) is 26.2 Å². The van der Waals surface area contributed by atoms with E-state index in [1.165, 1.54) is 5.56 Å². The Balaban J connectivity index is 2.58. The van der Waals surface area contributed by atoms with E-state index in [2.05, 4.69) is 56.5 Å². The molecular formula is C19H34N4O. The van der Waals surface area contributed by atoms with Crippen LogP contribution in [0.2, 0.25) is 0 Å². The minimum atomic E-state index is 0.147. The highest BCUT2D eigenvalue weighted by molar-refractivity contribution is 5.79. The molecule has 0 radical (unpaired) electrons. The minimum absolute atomic E-state index is 0.147. The summed E-state index contributed by atoms with van der Waals surface area (Å²) >= 11 is 0. The fourth-order valence-electron chi connectivity index (χ4n) is 2.77. The summed E-state index contributed by atoms with van der Waals surface area (Å²) in [6.07, 6.45) is 0.898. The van der Waals surface area contributed by atoms with Crippen LogP contribution in [0.3, 0.4) is 0 Å². The molecule has 0 aromatic heterocycles. The first kappa shape index (κ1) is 20.3. The summed E-state index contributed by atoms with van der Waals surface area (Å²) in [7, 11) is 5.91. The molecule has 1 rings (SSSR count). The number of hydrogen-bond donors (Lipinski definition) is 2. The highest BCUT2D eigenvalue weighted by Gasteiger charge is 2.18. The molecule has 0 aliphatic rings. The van der Waals surface area contributed by atoms with Crippen LogP contribution >= 0.6 is 0 Å². The normalized spacial score (nSPS) is 12.4. The number of hydrogen-bond acceptors (Lipinski definition) is 3. The van der Waals surface area contributed by atoms with Crippen LogP contribution in [-0.4, -0.2) is 58.2 Å². The van der Waals surface area contributed by atoms with Gasteiger partial charge in [0.25, 0.3) is 0 Å². The van der Waals surface area contributed by atoms with Crippen LogP contribution in [0.4, 0.5) is 0 Å². The van der Waals surface area contributed by atoms with Crippen LogP contribution < -0.4 is 15.4 Å². The first-order valence-corrected chi connectivity index (χ1v) is 8.67. The van der Waals surface area contributed by atoms with Crippen molar-refractivity contribution in [3.63, 3.8) is 0 Å². The Hall–Kier alpha value is -1.75.